The standard InChI is InChI=1S/C13H15ClN2O3/c1-16(6-4-5-15)13(17)9-7-10(14)12(19-3)11(8-9)18-2/h7-8H,4,6H2,1-3H3. The summed E-state index contributed by atoms with van der Waals surface area (Å²) in [6, 6.07) is 5.08. The molecule has 0 saturated heterocycles. The van der Waals surface area contributed by atoms with Gasteiger partial charge in [-0.3, -0.25) is 4.79 Å². The molecular weight excluding hydrogens is 268 g/mol. The molecule has 1 aromatic rings. The zero-order valence-corrected chi connectivity index (χ0v) is 11.8. The molecule has 0 bridgehead atoms. The average molecular weight is 283 g/mol. The molecule has 0 heterocycles. The number of hydrogen-bond donors (Lipinski definition) is 0. The van der Waals surface area contributed by atoms with Gasteiger partial charge in [-0.1, -0.05) is 11.6 Å². The van der Waals surface area contributed by atoms with E-state index in [9.17, 15) is 4.79 Å². The van der Waals surface area contributed by atoms with Crippen LogP contribution in [0.2, 0.25) is 5.02 Å². The molecule has 1 aromatic carbocycles. The van der Waals surface area contributed by atoms with Crippen molar-refractivity contribution in [3.05, 3.63) is 22.7 Å². The van der Waals surface area contributed by atoms with Gasteiger partial charge in [0.1, 0.15) is 0 Å². The van der Waals surface area contributed by atoms with E-state index in [1.165, 1.54) is 25.2 Å². The monoisotopic (exact) mass is 282 g/mol. The van der Waals surface area contributed by atoms with E-state index in [2.05, 4.69) is 0 Å². The summed E-state index contributed by atoms with van der Waals surface area (Å²) in [6.07, 6.45) is 0.281. The third kappa shape index (κ3) is 3.52. The summed E-state index contributed by atoms with van der Waals surface area (Å²) >= 11 is 6.04. The first-order chi connectivity index (χ1) is 9.04. The summed E-state index contributed by atoms with van der Waals surface area (Å²) in [5.41, 5.74) is 0.392. The quantitative estimate of drug-likeness (QED) is 0.831. The fraction of sp³-hybridized carbons (Fsp3) is 0.385. The van der Waals surface area contributed by atoms with Crippen LogP contribution in [0.4, 0.5) is 0 Å². The highest BCUT2D eigenvalue weighted by Gasteiger charge is 2.17. The molecule has 0 spiro atoms. The SMILES string of the molecule is COc1cc(C(=O)N(C)CCC#N)cc(Cl)c1OC. The molecule has 0 aromatic heterocycles. The molecule has 0 aliphatic rings. The summed E-state index contributed by atoms with van der Waals surface area (Å²) in [7, 11) is 4.58. The van der Waals surface area contributed by atoms with Crippen LogP contribution in [0.3, 0.4) is 0 Å². The smallest absolute Gasteiger partial charge is 0.253 e. The molecule has 0 radical (unpaired) electrons. The first-order valence-corrected chi connectivity index (χ1v) is 5.96. The van der Waals surface area contributed by atoms with Crippen molar-refractivity contribution in [2.24, 2.45) is 0 Å². The van der Waals surface area contributed by atoms with Crippen LogP contribution in [-0.4, -0.2) is 38.6 Å². The van der Waals surface area contributed by atoms with Gasteiger partial charge in [0.05, 0.1) is 31.7 Å². The van der Waals surface area contributed by atoms with Crippen molar-refractivity contribution in [3.8, 4) is 17.6 Å². The number of halogens is 1. The summed E-state index contributed by atoms with van der Waals surface area (Å²) in [5, 5.41) is 8.82. The third-order valence-electron chi connectivity index (χ3n) is 2.59. The normalized spacial score (nSPS) is 9.63. The number of rotatable bonds is 5. The van der Waals surface area contributed by atoms with Gasteiger partial charge in [-0.2, -0.15) is 5.26 Å². The molecule has 19 heavy (non-hydrogen) atoms. The van der Waals surface area contributed by atoms with Crippen LogP contribution in [0.5, 0.6) is 11.5 Å². The Labute approximate surface area is 117 Å². The number of ether oxygens (including phenoxy) is 2. The molecule has 5 nitrogen and oxygen atoms in total. The van der Waals surface area contributed by atoms with Gasteiger partial charge in [-0.25, -0.2) is 0 Å². The van der Waals surface area contributed by atoms with Crippen molar-refractivity contribution in [2.45, 2.75) is 6.42 Å². The van der Waals surface area contributed by atoms with Crippen molar-refractivity contribution >= 4 is 17.5 Å². The van der Waals surface area contributed by atoms with E-state index in [0.717, 1.165) is 0 Å². The van der Waals surface area contributed by atoms with Gasteiger partial charge >= 0.3 is 0 Å². The lowest BCUT2D eigenvalue weighted by Gasteiger charge is -2.17. The first kappa shape index (κ1) is 15.1. The number of benzene rings is 1. The lowest BCUT2D eigenvalue weighted by Crippen LogP contribution is -2.27. The van der Waals surface area contributed by atoms with E-state index in [0.29, 0.717) is 28.6 Å². The van der Waals surface area contributed by atoms with E-state index >= 15 is 0 Å². The molecule has 6 heteroatoms. The first-order valence-electron chi connectivity index (χ1n) is 5.59. The Morgan fingerprint density at radius 1 is 1.42 bits per heavy atom. The topological polar surface area (TPSA) is 62.6 Å². The summed E-state index contributed by atoms with van der Waals surface area (Å²) in [5.74, 6) is 0.561. The zero-order valence-electron chi connectivity index (χ0n) is 11.1. The molecule has 0 unspecified atom stereocenters. The van der Waals surface area contributed by atoms with E-state index < -0.39 is 0 Å². The van der Waals surface area contributed by atoms with Crippen molar-refractivity contribution in [3.63, 3.8) is 0 Å². The summed E-state index contributed by atoms with van der Waals surface area (Å²) in [4.78, 5) is 13.6. The molecule has 0 fully saturated rings. The molecule has 102 valence electrons. The lowest BCUT2D eigenvalue weighted by molar-refractivity contribution is 0.0797. The lowest BCUT2D eigenvalue weighted by atomic mass is 10.1. The third-order valence-corrected chi connectivity index (χ3v) is 2.87. The maximum absolute atomic E-state index is 12.1. The van der Waals surface area contributed by atoms with Gasteiger partial charge in [-0.15, -0.1) is 0 Å². The predicted octanol–water partition coefficient (Wildman–Crippen LogP) is 2.34. The molecule has 0 aliphatic carbocycles. The molecule has 0 N–H and O–H groups in total. The second-order valence-electron chi connectivity index (χ2n) is 3.83. The molecule has 1 amide bonds. The molecule has 0 aliphatic heterocycles. The Hall–Kier alpha value is -1.93. The Bertz CT molecular complexity index is 511. The highest BCUT2D eigenvalue weighted by Crippen LogP contribution is 2.36. The average Bonchev–Trinajstić information content (AvgIpc) is 2.42. The van der Waals surface area contributed by atoms with E-state index in [4.69, 9.17) is 26.3 Å². The Balaban J connectivity index is 3.05. The van der Waals surface area contributed by atoms with Gasteiger partial charge in [0.15, 0.2) is 11.5 Å². The summed E-state index contributed by atoms with van der Waals surface area (Å²) in [6.45, 7) is 0.362. The van der Waals surface area contributed by atoms with Crippen LogP contribution in [0.1, 0.15) is 16.8 Å². The molecule has 0 saturated carbocycles. The van der Waals surface area contributed by atoms with E-state index in [1.807, 2.05) is 6.07 Å². The maximum atomic E-state index is 12.1. The Morgan fingerprint density at radius 3 is 2.63 bits per heavy atom. The van der Waals surface area contributed by atoms with Crippen LogP contribution in [0.25, 0.3) is 0 Å². The molecular formula is C13H15ClN2O3. The van der Waals surface area contributed by atoms with Gasteiger partial charge in [0, 0.05) is 19.2 Å². The Morgan fingerprint density at radius 2 is 2.11 bits per heavy atom. The van der Waals surface area contributed by atoms with Crippen molar-refractivity contribution in [2.75, 3.05) is 27.8 Å². The van der Waals surface area contributed by atoms with Crippen LogP contribution in [0, 0.1) is 11.3 Å². The van der Waals surface area contributed by atoms with Crippen molar-refractivity contribution in [1.29, 1.82) is 5.26 Å². The van der Waals surface area contributed by atoms with Crippen molar-refractivity contribution < 1.29 is 14.3 Å². The largest absolute Gasteiger partial charge is 0.493 e. The fourth-order valence-corrected chi connectivity index (χ4v) is 1.87. The molecule has 1 rings (SSSR count). The number of nitriles is 1. The van der Waals surface area contributed by atoms with Gasteiger partial charge in [0.2, 0.25) is 0 Å². The number of carbonyl (C=O) groups excluding carboxylic acids is 1. The van der Waals surface area contributed by atoms with Crippen LogP contribution in [-0.2, 0) is 0 Å². The van der Waals surface area contributed by atoms with Crippen LogP contribution < -0.4 is 9.47 Å². The number of nitrogens with zero attached hydrogens (tertiary/aromatic N) is 2. The maximum Gasteiger partial charge on any atom is 0.253 e. The van der Waals surface area contributed by atoms with Crippen LogP contribution >= 0.6 is 11.6 Å². The summed E-state index contributed by atoms with van der Waals surface area (Å²) < 4.78 is 10.2. The highest BCUT2D eigenvalue weighted by atomic mass is 35.5. The Kier molecular flexibility index (Phi) is 5.46. The number of hydrogen-bond acceptors (Lipinski definition) is 4. The van der Waals surface area contributed by atoms with Gasteiger partial charge < -0.3 is 14.4 Å². The minimum absolute atomic E-state index is 0.224. The number of carbonyl (C=O) groups is 1. The van der Waals surface area contributed by atoms with Crippen LogP contribution in [0.15, 0.2) is 12.1 Å². The second-order valence-corrected chi connectivity index (χ2v) is 4.24. The minimum atomic E-state index is -0.224. The number of amides is 1. The fourth-order valence-electron chi connectivity index (χ4n) is 1.58. The highest BCUT2D eigenvalue weighted by molar-refractivity contribution is 6.32. The zero-order chi connectivity index (χ0) is 14.4. The van der Waals surface area contributed by atoms with Gasteiger partial charge in [0.25, 0.3) is 5.91 Å². The number of methoxy groups -OCH3 is 2. The second kappa shape index (κ2) is 6.86. The predicted molar refractivity (Wildman–Crippen MR) is 71.7 cm³/mol. The van der Waals surface area contributed by atoms with Gasteiger partial charge in [-0.05, 0) is 12.1 Å². The van der Waals surface area contributed by atoms with E-state index in [1.54, 1.807) is 13.1 Å². The minimum Gasteiger partial charge on any atom is -0.493 e. The van der Waals surface area contributed by atoms with E-state index in [-0.39, 0.29) is 12.3 Å². The molecule has 0 atom stereocenters. The van der Waals surface area contributed by atoms with Crippen molar-refractivity contribution in [1.82, 2.24) is 4.90 Å².